The molecule has 0 fully saturated rings. The van der Waals surface area contributed by atoms with Crippen molar-refractivity contribution in [2.24, 2.45) is 0 Å². The van der Waals surface area contributed by atoms with Crippen LogP contribution in [0.5, 0.6) is 5.75 Å². The number of fused-ring (bicyclic) bond motifs is 1. The van der Waals surface area contributed by atoms with Crippen molar-refractivity contribution in [3.63, 3.8) is 0 Å². The number of para-hydroxylation sites is 2. The number of aromatic carboxylic acids is 1. The summed E-state index contributed by atoms with van der Waals surface area (Å²) in [5.41, 5.74) is 1.02. The molecule has 3 aromatic carbocycles. The number of ether oxygens (including phenoxy) is 1. The Morgan fingerprint density at radius 1 is 0.929 bits per heavy atom. The number of hydrogen-bond donors (Lipinski definition) is 1. The molecule has 0 aliphatic rings. The van der Waals surface area contributed by atoms with Crippen LogP contribution in [0.2, 0.25) is 0 Å². The maximum Gasteiger partial charge on any atom is 0.335 e. The summed E-state index contributed by atoms with van der Waals surface area (Å²) in [5.74, 6) is 0.0662. The van der Waals surface area contributed by atoms with Gasteiger partial charge in [0.25, 0.3) is 5.56 Å². The maximum atomic E-state index is 13.1. The van der Waals surface area contributed by atoms with Crippen molar-refractivity contribution in [3.05, 3.63) is 101 Å². The van der Waals surface area contributed by atoms with Gasteiger partial charge in [0.2, 0.25) is 0 Å². The normalized spacial score (nSPS) is 10.7. The molecule has 0 spiro atoms. The van der Waals surface area contributed by atoms with Gasteiger partial charge in [-0.1, -0.05) is 30.3 Å². The minimum absolute atomic E-state index is 0.0881. The summed E-state index contributed by atoms with van der Waals surface area (Å²) in [4.78, 5) is 28.9. The van der Waals surface area contributed by atoms with Gasteiger partial charge < -0.3 is 9.84 Å². The van der Waals surface area contributed by atoms with E-state index in [1.54, 1.807) is 30.3 Å². The molecule has 0 bridgehead atoms. The Morgan fingerprint density at radius 2 is 1.61 bits per heavy atom. The second kappa shape index (κ2) is 7.36. The Hall–Kier alpha value is -3.93. The highest BCUT2D eigenvalue weighted by molar-refractivity contribution is 5.87. The van der Waals surface area contributed by atoms with Crippen molar-refractivity contribution in [2.75, 3.05) is 0 Å². The van der Waals surface area contributed by atoms with Crippen LogP contribution in [0.4, 0.5) is 0 Å². The number of rotatable bonds is 5. The summed E-state index contributed by atoms with van der Waals surface area (Å²) in [7, 11) is 0. The molecule has 0 radical (unpaired) electrons. The number of carboxylic acid groups (broad SMARTS) is 1. The molecule has 0 saturated carbocycles. The third kappa shape index (κ3) is 3.35. The zero-order chi connectivity index (χ0) is 19.5. The standard InChI is InChI=1S/C22H16N2O4/c25-21-18-8-4-5-9-19(18)23-20(14-28-17-6-2-1-3-7-17)24(21)16-12-10-15(11-13-16)22(26)27/h1-13H,14H2,(H,26,27). The SMILES string of the molecule is O=C(O)c1ccc(-n2c(COc3ccccc3)nc3ccccc3c2=O)cc1. The van der Waals surface area contributed by atoms with Gasteiger partial charge in [-0.2, -0.15) is 0 Å². The highest BCUT2D eigenvalue weighted by Gasteiger charge is 2.14. The van der Waals surface area contributed by atoms with Gasteiger partial charge in [0.1, 0.15) is 12.4 Å². The highest BCUT2D eigenvalue weighted by Crippen LogP contribution is 2.16. The fraction of sp³-hybridized carbons (Fsp3) is 0.0455. The van der Waals surface area contributed by atoms with Crippen LogP contribution in [0, 0.1) is 0 Å². The van der Waals surface area contributed by atoms with Gasteiger partial charge in [-0.3, -0.25) is 9.36 Å². The van der Waals surface area contributed by atoms with E-state index in [1.165, 1.54) is 16.7 Å². The minimum Gasteiger partial charge on any atom is -0.486 e. The first-order valence-corrected chi connectivity index (χ1v) is 8.66. The van der Waals surface area contributed by atoms with Gasteiger partial charge in [0.05, 0.1) is 22.2 Å². The van der Waals surface area contributed by atoms with E-state index in [0.29, 0.717) is 28.2 Å². The number of carbonyl (C=O) groups is 1. The molecular formula is C22H16N2O4. The molecular weight excluding hydrogens is 356 g/mol. The first-order chi connectivity index (χ1) is 13.6. The van der Waals surface area contributed by atoms with Crippen LogP contribution in [0.15, 0.2) is 83.7 Å². The van der Waals surface area contributed by atoms with Crippen molar-refractivity contribution in [3.8, 4) is 11.4 Å². The van der Waals surface area contributed by atoms with E-state index in [2.05, 4.69) is 4.98 Å². The van der Waals surface area contributed by atoms with Crippen LogP contribution in [0.1, 0.15) is 16.2 Å². The van der Waals surface area contributed by atoms with E-state index in [9.17, 15) is 9.59 Å². The van der Waals surface area contributed by atoms with E-state index in [-0.39, 0.29) is 17.7 Å². The van der Waals surface area contributed by atoms with E-state index in [4.69, 9.17) is 9.84 Å². The highest BCUT2D eigenvalue weighted by atomic mass is 16.5. The molecule has 1 heterocycles. The van der Waals surface area contributed by atoms with Crippen molar-refractivity contribution in [2.45, 2.75) is 6.61 Å². The van der Waals surface area contributed by atoms with Crippen LogP contribution >= 0.6 is 0 Å². The third-order valence-electron chi connectivity index (χ3n) is 4.33. The van der Waals surface area contributed by atoms with Crippen LogP contribution in [0.3, 0.4) is 0 Å². The van der Waals surface area contributed by atoms with E-state index in [1.807, 2.05) is 36.4 Å². The summed E-state index contributed by atoms with van der Waals surface area (Å²) in [5, 5.41) is 9.59. The summed E-state index contributed by atoms with van der Waals surface area (Å²) in [6.07, 6.45) is 0. The van der Waals surface area contributed by atoms with Crippen molar-refractivity contribution < 1.29 is 14.6 Å². The first-order valence-electron chi connectivity index (χ1n) is 8.66. The average molecular weight is 372 g/mol. The molecule has 1 N–H and O–H groups in total. The molecule has 28 heavy (non-hydrogen) atoms. The van der Waals surface area contributed by atoms with E-state index >= 15 is 0 Å². The molecule has 0 unspecified atom stereocenters. The lowest BCUT2D eigenvalue weighted by Crippen LogP contribution is -2.25. The Labute approximate surface area is 160 Å². The number of carboxylic acids is 1. The van der Waals surface area contributed by atoms with Crippen molar-refractivity contribution in [1.29, 1.82) is 0 Å². The number of aromatic nitrogens is 2. The van der Waals surface area contributed by atoms with Crippen molar-refractivity contribution >= 4 is 16.9 Å². The molecule has 0 atom stereocenters. The van der Waals surface area contributed by atoms with Gasteiger partial charge >= 0.3 is 5.97 Å². The molecule has 0 amide bonds. The topological polar surface area (TPSA) is 81.4 Å². The monoisotopic (exact) mass is 372 g/mol. The number of benzene rings is 3. The molecule has 0 saturated heterocycles. The van der Waals surface area contributed by atoms with Crippen LogP contribution in [0.25, 0.3) is 16.6 Å². The lowest BCUT2D eigenvalue weighted by Gasteiger charge is -2.14. The molecule has 6 heteroatoms. The molecule has 4 rings (SSSR count). The molecule has 0 aliphatic carbocycles. The number of hydrogen-bond acceptors (Lipinski definition) is 4. The van der Waals surface area contributed by atoms with Crippen LogP contribution in [-0.2, 0) is 6.61 Å². The Bertz CT molecular complexity index is 1200. The molecule has 6 nitrogen and oxygen atoms in total. The Morgan fingerprint density at radius 3 is 2.32 bits per heavy atom. The number of nitrogens with zero attached hydrogens (tertiary/aromatic N) is 2. The lowest BCUT2D eigenvalue weighted by atomic mass is 10.2. The fourth-order valence-electron chi connectivity index (χ4n) is 2.96. The van der Waals surface area contributed by atoms with Crippen molar-refractivity contribution in [1.82, 2.24) is 9.55 Å². The second-order valence-corrected chi connectivity index (χ2v) is 6.14. The van der Waals surface area contributed by atoms with E-state index in [0.717, 1.165) is 0 Å². The maximum absolute atomic E-state index is 13.1. The zero-order valence-electron chi connectivity index (χ0n) is 14.8. The Kier molecular flexibility index (Phi) is 4.60. The fourth-order valence-corrected chi connectivity index (χ4v) is 2.96. The first kappa shape index (κ1) is 17.5. The van der Waals surface area contributed by atoms with Gasteiger partial charge in [-0.05, 0) is 48.5 Å². The van der Waals surface area contributed by atoms with Crippen LogP contribution in [-0.4, -0.2) is 20.6 Å². The zero-order valence-corrected chi connectivity index (χ0v) is 14.8. The van der Waals surface area contributed by atoms with Crippen LogP contribution < -0.4 is 10.3 Å². The lowest BCUT2D eigenvalue weighted by molar-refractivity contribution is 0.0697. The molecule has 138 valence electrons. The predicted molar refractivity (Wildman–Crippen MR) is 105 cm³/mol. The molecule has 1 aromatic heterocycles. The molecule has 4 aromatic rings. The summed E-state index contributed by atoms with van der Waals surface area (Å²) in [6, 6.07) is 22.5. The summed E-state index contributed by atoms with van der Waals surface area (Å²) in [6.45, 7) is 0.0881. The van der Waals surface area contributed by atoms with Gasteiger partial charge in [-0.15, -0.1) is 0 Å². The van der Waals surface area contributed by atoms with Gasteiger partial charge in [-0.25, -0.2) is 9.78 Å². The largest absolute Gasteiger partial charge is 0.486 e. The summed E-state index contributed by atoms with van der Waals surface area (Å²) < 4.78 is 7.26. The smallest absolute Gasteiger partial charge is 0.335 e. The second-order valence-electron chi connectivity index (χ2n) is 6.14. The Balaban J connectivity index is 1.83. The quantitative estimate of drug-likeness (QED) is 0.578. The minimum atomic E-state index is -1.02. The average Bonchev–Trinajstić information content (AvgIpc) is 2.73. The molecule has 0 aliphatic heterocycles. The van der Waals surface area contributed by atoms with Gasteiger partial charge in [0, 0.05) is 0 Å². The summed E-state index contributed by atoms with van der Waals surface area (Å²) >= 11 is 0. The van der Waals surface area contributed by atoms with Gasteiger partial charge in [0.15, 0.2) is 5.82 Å². The van der Waals surface area contributed by atoms with E-state index < -0.39 is 5.97 Å². The predicted octanol–water partition coefficient (Wildman–Crippen LogP) is 3.66. The third-order valence-corrected chi connectivity index (χ3v) is 4.33.